The second kappa shape index (κ2) is 6.00. The quantitative estimate of drug-likeness (QED) is 0.877. The van der Waals surface area contributed by atoms with E-state index < -0.39 is 17.6 Å². The molecule has 2 saturated heterocycles. The molecule has 22 heavy (non-hydrogen) atoms. The molecule has 2 aliphatic rings. The maximum absolute atomic E-state index is 13.8. The van der Waals surface area contributed by atoms with Crippen LogP contribution in [0.15, 0.2) is 18.2 Å². The van der Waals surface area contributed by atoms with Gasteiger partial charge >= 0.3 is 0 Å². The van der Waals surface area contributed by atoms with Gasteiger partial charge in [-0.1, -0.05) is 0 Å². The number of carbonyl (C=O) groups excluding carboxylic acids is 2. The summed E-state index contributed by atoms with van der Waals surface area (Å²) in [7, 11) is 0. The molecule has 2 fully saturated rings. The summed E-state index contributed by atoms with van der Waals surface area (Å²) in [5.41, 5.74) is 0.0296. The standard InChI is InChI=1S/C15H17F2N3O2/c16-11-1-2-13(12(17)8-11)20-9-10(7-14(20)21)15(22)19-5-3-18-4-6-19/h1-2,8,10,18H,3-7,9H2/t10-/m0/s1. The topological polar surface area (TPSA) is 52.7 Å². The van der Waals surface area contributed by atoms with Crippen LogP contribution in [0.4, 0.5) is 14.5 Å². The Morgan fingerprint density at radius 3 is 2.64 bits per heavy atom. The molecule has 5 nitrogen and oxygen atoms in total. The zero-order chi connectivity index (χ0) is 15.7. The van der Waals surface area contributed by atoms with Crippen LogP contribution in [0.25, 0.3) is 0 Å². The first-order chi connectivity index (χ1) is 10.6. The molecule has 0 bridgehead atoms. The minimum Gasteiger partial charge on any atom is -0.340 e. The predicted octanol–water partition coefficient (Wildman–Crippen LogP) is 0.750. The number of benzene rings is 1. The lowest BCUT2D eigenvalue weighted by atomic mass is 10.1. The van der Waals surface area contributed by atoms with Gasteiger partial charge in [0.25, 0.3) is 0 Å². The third kappa shape index (κ3) is 2.81. The van der Waals surface area contributed by atoms with Crippen molar-refractivity contribution in [1.29, 1.82) is 0 Å². The minimum atomic E-state index is -0.788. The molecule has 1 N–H and O–H groups in total. The van der Waals surface area contributed by atoms with Crippen LogP contribution in [0.5, 0.6) is 0 Å². The first-order valence-electron chi connectivity index (χ1n) is 7.31. The normalized spacial score (nSPS) is 22.3. The number of hydrogen-bond donors (Lipinski definition) is 1. The van der Waals surface area contributed by atoms with E-state index in [4.69, 9.17) is 0 Å². The average Bonchev–Trinajstić information content (AvgIpc) is 2.89. The molecule has 2 aliphatic heterocycles. The Morgan fingerprint density at radius 2 is 1.95 bits per heavy atom. The van der Waals surface area contributed by atoms with Crippen molar-refractivity contribution in [3.63, 3.8) is 0 Å². The van der Waals surface area contributed by atoms with Crippen LogP contribution in [-0.4, -0.2) is 49.4 Å². The summed E-state index contributed by atoms with van der Waals surface area (Å²) < 4.78 is 26.8. The van der Waals surface area contributed by atoms with Gasteiger partial charge in [-0.25, -0.2) is 8.78 Å². The van der Waals surface area contributed by atoms with E-state index in [-0.39, 0.29) is 30.5 Å². The van der Waals surface area contributed by atoms with Crippen LogP contribution in [0.3, 0.4) is 0 Å². The van der Waals surface area contributed by atoms with E-state index in [9.17, 15) is 18.4 Å². The lowest BCUT2D eigenvalue weighted by Gasteiger charge is -2.29. The van der Waals surface area contributed by atoms with E-state index in [2.05, 4.69) is 5.32 Å². The molecule has 2 heterocycles. The summed E-state index contributed by atoms with van der Waals surface area (Å²) in [6.07, 6.45) is 0.0690. The van der Waals surface area contributed by atoms with Crippen LogP contribution < -0.4 is 10.2 Å². The first-order valence-corrected chi connectivity index (χ1v) is 7.31. The van der Waals surface area contributed by atoms with Gasteiger partial charge in [0.1, 0.15) is 11.6 Å². The number of hydrogen-bond acceptors (Lipinski definition) is 3. The summed E-state index contributed by atoms with van der Waals surface area (Å²) in [6.45, 7) is 2.86. The van der Waals surface area contributed by atoms with Gasteiger partial charge in [-0.3, -0.25) is 9.59 Å². The Balaban J connectivity index is 1.74. The van der Waals surface area contributed by atoms with Crippen LogP contribution in [0.1, 0.15) is 6.42 Å². The Morgan fingerprint density at radius 1 is 1.23 bits per heavy atom. The third-order valence-corrected chi connectivity index (χ3v) is 4.10. The van der Waals surface area contributed by atoms with Gasteiger partial charge in [0.05, 0.1) is 11.6 Å². The van der Waals surface area contributed by atoms with E-state index in [0.29, 0.717) is 13.1 Å². The fourth-order valence-electron chi connectivity index (χ4n) is 2.95. The summed E-state index contributed by atoms with van der Waals surface area (Å²) >= 11 is 0. The van der Waals surface area contributed by atoms with Crippen molar-refractivity contribution in [2.75, 3.05) is 37.6 Å². The fourth-order valence-corrected chi connectivity index (χ4v) is 2.95. The lowest BCUT2D eigenvalue weighted by Crippen LogP contribution is -2.48. The third-order valence-electron chi connectivity index (χ3n) is 4.10. The zero-order valence-corrected chi connectivity index (χ0v) is 12.0. The number of carbonyl (C=O) groups is 2. The molecule has 0 aliphatic carbocycles. The van der Waals surface area contributed by atoms with E-state index in [1.54, 1.807) is 4.90 Å². The highest BCUT2D eigenvalue weighted by atomic mass is 19.1. The van der Waals surface area contributed by atoms with Gasteiger partial charge in [-0.2, -0.15) is 0 Å². The molecular weight excluding hydrogens is 292 g/mol. The molecule has 1 atom stereocenters. The number of piperazine rings is 1. The Hall–Kier alpha value is -2.02. The van der Waals surface area contributed by atoms with Crippen molar-refractivity contribution >= 4 is 17.5 Å². The van der Waals surface area contributed by atoms with E-state index >= 15 is 0 Å². The minimum absolute atomic E-state index is 0.0296. The molecule has 7 heteroatoms. The number of halogens is 2. The monoisotopic (exact) mass is 309 g/mol. The van der Waals surface area contributed by atoms with Gasteiger partial charge in [0.2, 0.25) is 11.8 Å². The Kier molecular flexibility index (Phi) is 4.06. The van der Waals surface area contributed by atoms with E-state index in [1.807, 2.05) is 0 Å². The van der Waals surface area contributed by atoms with Crippen LogP contribution in [-0.2, 0) is 9.59 Å². The maximum atomic E-state index is 13.8. The second-order valence-electron chi connectivity index (χ2n) is 5.58. The van der Waals surface area contributed by atoms with Crippen molar-refractivity contribution in [3.05, 3.63) is 29.8 Å². The summed E-state index contributed by atoms with van der Waals surface area (Å²) in [4.78, 5) is 27.5. The number of nitrogens with zero attached hydrogens (tertiary/aromatic N) is 2. The predicted molar refractivity (Wildman–Crippen MR) is 76.3 cm³/mol. The van der Waals surface area contributed by atoms with Crippen molar-refractivity contribution < 1.29 is 18.4 Å². The Labute approximate surface area is 126 Å². The summed E-state index contributed by atoms with van der Waals surface area (Å²) in [5, 5.41) is 3.16. The molecule has 0 spiro atoms. The maximum Gasteiger partial charge on any atom is 0.228 e. The molecule has 118 valence electrons. The molecule has 3 rings (SSSR count). The molecule has 0 aromatic heterocycles. The van der Waals surface area contributed by atoms with Crippen molar-refractivity contribution in [2.24, 2.45) is 5.92 Å². The van der Waals surface area contributed by atoms with Gasteiger partial charge in [-0.15, -0.1) is 0 Å². The summed E-state index contributed by atoms with van der Waals surface area (Å²) in [6, 6.07) is 3.09. The number of anilines is 1. The largest absolute Gasteiger partial charge is 0.340 e. The molecule has 1 aromatic rings. The van der Waals surface area contributed by atoms with Crippen molar-refractivity contribution in [1.82, 2.24) is 10.2 Å². The summed E-state index contributed by atoms with van der Waals surface area (Å²) in [5.74, 6) is -2.32. The number of amides is 2. The van der Waals surface area contributed by atoms with Gasteiger partial charge in [0, 0.05) is 45.2 Å². The molecule has 1 aromatic carbocycles. The van der Waals surface area contributed by atoms with E-state index in [1.165, 1.54) is 11.0 Å². The molecule has 0 radical (unpaired) electrons. The average molecular weight is 309 g/mol. The number of nitrogens with one attached hydrogen (secondary N) is 1. The molecular formula is C15H17F2N3O2. The highest BCUT2D eigenvalue weighted by Crippen LogP contribution is 2.28. The first kappa shape index (κ1) is 14.9. The van der Waals surface area contributed by atoms with Crippen LogP contribution in [0.2, 0.25) is 0 Å². The zero-order valence-electron chi connectivity index (χ0n) is 12.0. The van der Waals surface area contributed by atoms with Gasteiger partial charge < -0.3 is 15.1 Å². The lowest BCUT2D eigenvalue weighted by molar-refractivity contribution is -0.136. The SMILES string of the molecule is O=C([C@H]1CC(=O)N(c2ccc(F)cc2F)C1)N1CCNCC1. The van der Waals surface area contributed by atoms with Crippen LogP contribution >= 0.6 is 0 Å². The second-order valence-corrected chi connectivity index (χ2v) is 5.58. The molecule has 0 unspecified atom stereocenters. The van der Waals surface area contributed by atoms with Crippen LogP contribution in [0, 0.1) is 17.6 Å². The smallest absolute Gasteiger partial charge is 0.228 e. The van der Waals surface area contributed by atoms with E-state index in [0.717, 1.165) is 25.2 Å². The highest BCUT2D eigenvalue weighted by Gasteiger charge is 2.38. The Bertz CT molecular complexity index is 602. The van der Waals surface area contributed by atoms with Gasteiger partial charge in [0.15, 0.2) is 0 Å². The van der Waals surface area contributed by atoms with Gasteiger partial charge in [-0.05, 0) is 12.1 Å². The molecule has 2 amide bonds. The number of rotatable bonds is 2. The van der Waals surface area contributed by atoms with Crippen molar-refractivity contribution in [3.8, 4) is 0 Å². The van der Waals surface area contributed by atoms with Crippen molar-refractivity contribution in [2.45, 2.75) is 6.42 Å². The highest BCUT2D eigenvalue weighted by molar-refractivity contribution is 6.00. The molecule has 0 saturated carbocycles. The fraction of sp³-hybridized carbons (Fsp3) is 0.467.